The molecule has 0 heterocycles. The van der Waals surface area contributed by atoms with Gasteiger partial charge < -0.3 is 20.3 Å². The van der Waals surface area contributed by atoms with Crippen molar-refractivity contribution in [1.29, 1.82) is 0 Å². The van der Waals surface area contributed by atoms with Crippen LogP contribution in [0.15, 0.2) is 36.5 Å². The van der Waals surface area contributed by atoms with Crippen molar-refractivity contribution < 1.29 is 24.5 Å². The van der Waals surface area contributed by atoms with Crippen LogP contribution < -0.4 is 5.32 Å². The molecular formula is C60H113NO5. The predicted octanol–water partition coefficient (Wildman–Crippen LogP) is 18.0. The summed E-state index contributed by atoms with van der Waals surface area (Å²) >= 11 is 0. The zero-order chi connectivity index (χ0) is 47.9. The maximum Gasteiger partial charge on any atom is 0.305 e. The number of allylic oxidation sites excluding steroid dienone is 6. The van der Waals surface area contributed by atoms with Gasteiger partial charge in [-0.2, -0.15) is 0 Å². The van der Waals surface area contributed by atoms with E-state index in [2.05, 4.69) is 55.6 Å². The summed E-state index contributed by atoms with van der Waals surface area (Å²) in [6, 6.07) is -0.546. The molecule has 6 heteroatoms. The van der Waals surface area contributed by atoms with Gasteiger partial charge in [0.1, 0.15) is 0 Å². The first-order chi connectivity index (χ1) is 32.5. The first-order valence-electron chi connectivity index (χ1n) is 29.2. The number of rotatable bonds is 54. The van der Waals surface area contributed by atoms with Gasteiger partial charge in [-0.15, -0.1) is 0 Å². The predicted molar refractivity (Wildman–Crippen MR) is 287 cm³/mol. The molecule has 2 atom stereocenters. The molecular weight excluding hydrogens is 815 g/mol. The third-order valence-corrected chi connectivity index (χ3v) is 13.4. The van der Waals surface area contributed by atoms with E-state index < -0.39 is 12.1 Å². The Morgan fingerprint density at radius 1 is 0.424 bits per heavy atom. The van der Waals surface area contributed by atoms with Crippen LogP contribution in [0, 0.1) is 0 Å². The summed E-state index contributed by atoms with van der Waals surface area (Å²) in [5, 5.41) is 23.2. The van der Waals surface area contributed by atoms with Crippen LogP contribution in [0.4, 0.5) is 0 Å². The zero-order valence-electron chi connectivity index (χ0n) is 44.2. The van der Waals surface area contributed by atoms with E-state index in [0.29, 0.717) is 25.9 Å². The highest BCUT2D eigenvalue weighted by atomic mass is 16.5. The summed E-state index contributed by atoms with van der Waals surface area (Å²) in [5.74, 6) is -0.0489. The Labute approximate surface area is 411 Å². The van der Waals surface area contributed by atoms with E-state index >= 15 is 0 Å². The van der Waals surface area contributed by atoms with E-state index in [-0.39, 0.29) is 18.5 Å². The van der Waals surface area contributed by atoms with Crippen molar-refractivity contribution in [2.24, 2.45) is 0 Å². The minimum Gasteiger partial charge on any atom is -0.466 e. The van der Waals surface area contributed by atoms with Gasteiger partial charge in [-0.1, -0.05) is 249 Å². The molecule has 2 unspecified atom stereocenters. The lowest BCUT2D eigenvalue weighted by Gasteiger charge is -2.22. The first-order valence-corrected chi connectivity index (χ1v) is 29.2. The molecule has 0 aliphatic rings. The number of ether oxygens (including phenoxy) is 1. The monoisotopic (exact) mass is 928 g/mol. The fourth-order valence-electron chi connectivity index (χ4n) is 8.90. The SMILES string of the molecule is CCCCCC/C=C\C/C=C\CCCCCCCC(=O)OCCCCCCCCCCCC/C=C\CCCCCCCCCC(=O)NC(CO)C(O)CCCCCCCCCCCCCC. The summed E-state index contributed by atoms with van der Waals surface area (Å²) in [4.78, 5) is 24.5. The van der Waals surface area contributed by atoms with Crippen LogP contribution in [-0.2, 0) is 14.3 Å². The van der Waals surface area contributed by atoms with E-state index in [4.69, 9.17) is 4.74 Å². The zero-order valence-corrected chi connectivity index (χ0v) is 44.2. The van der Waals surface area contributed by atoms with Gasteiger partial charge in [0.25, 0.3) is 0 Å². The normalized spacial score (nSPS) is 12.8. The van der Waals surface area contributed by atoms with Crippen LogP contribution in [-0.4, -0.2) is 47.4 Å². The van der Waals surface area contributed by atoms with Crippen molar-refractivity contribution in [1.82, 2.24) is 5.32 Å². The van der Waals surface area contributed by atoms with Crippen LogP contribution in [0.5, 0.6) is 0 Å². The number of aliphatic hydroxyl groups excluding tert-OH is 2. The molecule has 0 fully saturated rings. The standard InChI is InChI=1S/C60H113NO5/c1-3-5-7-9-11-13-15-17-18-27-30-34-38-42-46-50-54-60(65)66-55-51-47-43-39-35-31-28-25-23-21-19-20-22-24-26-29-33-37-41-45-49-53-59(64)61-57(56-62)58(63)52-48-44-40-36-32-16-14-12-10-8-6-4-2/h13,15,18,20,22,27,57-58,62-63H,3-12,14,16-17,19,21,23-26,28-56H2,1-2H3,(H,61,64)/b15-13-,22-20-,27-18-. The van der Waals surface area contributed by atoms with Gasteiger partial charge >= 0.3 is 5.97 Å². The number of aliphatic hydroxyl groups is 2. The summed E-state index contributed by atoms with van der Waals surface area (Å²) in [6.07, 6.45) is 68.5. The number of carbonyl (C=O) groups is 2. The summed E-state index contributed by atoms with van der Waals surface area (Å²) < 4.78 is 5.47. The van der Waals surface area contributed by atoms with Crippen molar-refractivity contribution in [2.75, 3.05) is 13.2 Å². The molecule has 0 saturated heterocycles. The molecule has 0 aromatic rings. The van der Waals surface area contributed by atoms with Gasteiger partial charge in [-0.3, -0.25) is 9.59 Å². The van der Waals surface area contributed by atoms with E-state index in [9.17, 15) is 19.8 Å². The number of hydrogen-bond donors (Lipinski definition) is 3. The summed E-state index contributed by atoms with van der Waals surface area (Å²) in [5.41, 5.74) is 0. The maximum atomic E-state index is 12.4. The molecule has 388 valence electrons. The average molecular weight is 929 g/mol. The second-order valence-electron chi connectivity index (χ2n) is 20.0. The van der Waals surface area contributed by atoms with Crippen molar-refractivity contribution in [3.63, 3.8) is 0 Å². The molecule has 0 spiro atoms. The second-order valence-corrected chi connectivity index (χ2v) is 20.0. The second kappa shape index (κ2) is 55.7. The molecule has 0 aliphatic carbocycles. The fourth-order valence-corrected chi connectivity index (χ4v) is 8.90. The van der Waals surface area contributed by atoms with Crippen LogP contribution in [0.3, 0.4) is 0 Å². The number of unbranched alkanes of at least 4 members (excludes halogenated alkanes) is 37. The van der Waals surface area contributed by atoms with Gasteiger partial charge in [0.05, 0.1) is 25.4 Å². The molecule has 0 saturated carbocycles. The third-order valence-electron chi connectivity index (χ3n) is 13.4. The maximum absolute atomic E-state index is 12.4. The van der Waals surface area contributed by atoms with Gasteiger partial charge in [0, 0.05) is 12.8 Å². The highest BCUT2D eigenvalue weighted by Crippen LogP contribution is 2.16. The Morgan fingerprint density at radius 2 is 0.758 bits per heavy atom. The van der Waals surface area contributed by atoms with Crippen molar-refractivity contribution >= 4 is 11.9 Å². The highest BCUT2D eigenvalue weighted by Gasteiger charge is 2.20. The van der Waals surface area contributed by atoms with Crippen LogP contribution in [0.1, 0.15) is 309 Å². The average Bonchev–Trinajstić information content (AvgIpc) is 3.32. The van der Waals surface area contributed by atoms with E-state index in [1.54, 1.807) is 0 Å². The summed E-state index contributed by atoms with van der Waals surface area (Å²) in [7, 11) is 0. The van der Waals surface area contributed by atoms with Crippen LogP contribution in [0.25, 0.3) is 0 Å². The van der Waals surface area contributed by atoms with Crippen LogP contribution >= 0.6 is 0 Å². The third kappa shape index (κ3) is 51.5. The summed E-state index contributed by atoms with van der Waals surface area (Å²) in [6.45, 7) is 4.92. The number of esters is 1. The Kier molecular flexibility index (Phi) is 54.1. The Morgan fingerprint density at radius 3 is 1.18 bits per heavy atom. The number of carbonyl (C=O) groups excluding carboxylic acids is 2. The molecule has 6 nitrogen and oxygen atoms in total. The largest absolute Gasteiger partial charge is 0.466 e. The molecule has 0 radical (unpaired) electrons. The molecule has 0 rings (SSSR count). The van der Waals surface area contributed by atoms with E-state index in [1.165, 1.54) is 225 Å². The minimum atomic E-state index is -0.668. The van der Waals surface area contributed by atoms with Gasteiger partial charge in [0.15, 0.2) is 0 Å². The number of amides is 1. The van der Waals surface area contributed by atoms with Crippen LogP contribution in [0.2, 0.25) is 0 Å². The fraction of sp³-hybridized carbons (Fsp3) is 0.867. The van der Waals surface area contributed by atoms with Crippen molar-refractivity contribution in [2.45, 2.75) is 321 Å². The van der Waals surface area contributed by atoms with E-state index in [1.807, 2.05) is 0 Å². The first kappa shape index (κ1) is 64.1. The smallest absolute Gasteiger partial charge is 0.305 e. The molecule has 0 bridgehead atoms. The lowest BCUT2D eigenvalue weighted by Crippen LogP contribution is -2.45. The quantitative estimate of drug-likeness (QED) is 0.0321. The lowest BCUT2D eigenvalue weighted by molar-refractivity contribution is -0.143. The van der Waals surface area contributed by atoms with E-state index in [0.717, 1.165) is 51.4 Å². The topological polar surface area (TPSA) is 95.9 Å². The molecule has 1 amide bonds. The van der Waals surface area contributed by atoms with Gasteiger partial charge in [0.2, 0.25) is 5.91 Å². The van der Waals surface area contributed by atoms with Crippen molar-refractivity contribution in [3.8, 4) is 0 Å². The number of hydrogen-bond acceptors (Lipinski definition) is 5. The Balaban J connectivity index is 3.42. The Hall–Kier alpha value is -1.92. The molecule has 0 aliphatic heterocycles. The minimum absolute atomic E-state index is 0.00545. The van der Waals surface area contributed by atoms with Gasteiger partial charge in [-0.25, -0.2) is 0 Å². The highest BCUT2D eigenvalue weighted by molar-refractivity contribution is 5.76. The van der Waals surface area contributed by atoms with Crippen molar-refractivity contribution in [3.05, 3.63) is 36.5 Å². The molecule has 0 aromatic heterocycles. The molecule has 66 heavy (non-hydrogen) atoms. The number of nitrogens with one attached hydrogen (secondary N) is 1. The lowest BCUT2D eigenvalue weighted by atomic mass is 10.0. The van der Waals surface area contributed by atoms with Gasteiger partial charge in [-0.05, 0) is 83.5 Å². The molecule has 3 N–H and O–H groups in total. The Bertz CT molecular complexity index is 1070. The molecule has 0 aromatic carbocycles.